The zero-order valence-electron chi connectivity index (χ0n) is 16.0. The van der Waals surface area contributed by atoms with Crippen LogP contribution in [0.4, 0.5) is 4.79 Å². The molecule has 0 aliphatic carbocycles. The summed E-state index contributed by atoms with van der Waals surface area (Å²) in [5, 5.41) is 5.87. The van der Waals surface area contributed by atoms with Crippen molar-refractivity contribution in [3.05, 3.63) is 24.5 Å². The topological polar surface area (TPSA) is 93.1 Å². The molecule has 2 amide bonds. The van der Waals surface area contributed by atoms with E-state index in [-0.39, 0.29) is 16.9 Å². The van der Waals surface area contributed by atoms with Gasteiger partial charge in [0.15, 0.2) is 0 Å². The molecule has 0 bridgehead atoms. The van der Waals surface area contributed by atoms with E-state index in [0.29, 0.717) is 26.1 Å². The third-order valence-electron chi connectivity index (χ3n) is 4.60. The lowest BCUT2D eigenvalue weighted by Gasteiger charge is -2.10. The van der Waals surface area contributed by atoms with Crippen LogP contribution < -0.4 is 10.6 Å². The summed E-state index contributed by atoms with van der Waals surface area (Å²) in [6, 6.07) is -0.137. The van der Waals surface area contributed by atoms with Gasteiger partial charge in [-0.3, -0.25) is 0 Å². The molecular weight excluding hydrogens is 364 g/mol. The Balaban J connectivity index is 1.91. The highest BCUT2D eigenvalue weighted by atomic mass is 32.2. The minimum atomic E-state index is -3.35. The fourth-order valence-corrected chi connectivity index (χ4v) is 4.56. The Labute approximate surface area is 162 Å². The van der Waals surface area contributed by atoms with E-state index in [1.807, 2.05) is 0 Å². The number of fused-ring (bicyclic) bond motifs is 1. The van der Waals surface area contributed by atoms with E-state index in [1.165, 1.54) is 0 Å². The van der Waals surface area contributed by atoms with Gasteiger partial charge >= 0.3 is 6.03 Å². The van der Waals surface area contributed by atoms with Gasteiger partial charge in [0.25, 0.3) is 0 Å². The van der Waals surface area contributed by atoms with Crippen LogP contribution in [-0.4, -0.2) is 42.8 Å². The highest BCUT2D eigenvalue weighted by Crippen LogP contribution is 2.13. The molecular formula is C19H32N4O3S. The maximum absolute atomic E-state index is 12.5. The summed E-state index contributed by atoms with van der Waals surface area (Å²) in [5.41, 5.74) is 0. The number of aromatic nitrogens is 2. The van der Waals surface area contributed by atoms with Crippen molar-refractivity contribution in [3.8, 4) is 0 Å². The summed E-state index contributed by atoms with van der Waals surface area (Å²) in [6.07, 6.45) is 15.8. The van der Waals surface area contributed by atoms with Gasteiger partial charge in [-0.15, -0.1) is 0 Å². The minimum absolute atomic E-state index is 0.137. The van der Waals surface area contributed by atoms with Gasteiger partial charge < -0.3 is 15.2 Å². The SMILES string of the molecule is O=C1NCCCC/C=C\CCCCCS(=O)(=O)c2nccn2CCCCN1. The van der Waals surface area contributed by atoms with Gasteiger partial charge in [0.2, 0.25) is 15.0 Å². The standard InChI is InChI=1S/C19H32N4O3S/c24-18-20-12-8-6-4-2-1-3-5-7-11-17-27(25,26)19-22-14-16-23(19)15-10-9-13-21-18/h1-2,14,16H,3-13,15,17H2,(H2,20,21,24)/b2-1-. The number of sulfone groups is 1. The molecule has 0 atom stereocenters. The zero-order chi connectivity index (χ0) is 19.4. The zero-order valence-corrected chi connectivity index (χ0v) is 16.8. The summed E-state index contributed by atoms with van der Waals surface area (Å²) >= 11 is 0. The van der Waals surface area contributed by atoms with E-state index in [2.05, 4.69) is 27.8 Å². The molecule has 0 saturated heterocycles. The van der Waals surface area contributed by atoms with Crippen LogP contribution in [0.25, 0.3) is 0 Å². The van der Waals surface area contributed by atoms with E-state index in [4.69, 9.17) is 0 Å². The van der Waals surface area contributed by atoms with Crippen LogP contribution in [-0.2, 0) is 16.4 Å². The molecule has 0 unspecified atom stereocenters. The van der Waals surface area contributed by atoms with Crippen LogP contribution in [0, 0.1) is 0 Å². The summed E-state index contributed by atoms with van der Waals surface area (Å²) < 4.78 is 26.8. The molecule has 2 N–H and O–H groups in total. The van der Waals surface area contributed by atoms with Crippen molar-refractivity contribution < 1.29 is 13.2 Å². The van der Waals surface area contributed by atoms with E-state index < -0.39 is 9.84 Å². The van der Waals surface area contributed by atoms with Gasteiger partial charge in [-0.1, -0.05) is 18.6 Å². The molecule has 0 saturated carbocycles. The quantitative estimate of drug-likeness (QED) is 0.659. The Kier molecular flexibility index (Phi) is 9.38. The number of carbonyl (C=O) groups excluding carboxylic acids is 1. The molecule has 152 valence electrons. The van der Waals surface area contributed by atoms with Crippen LogP contribution in [0.3, 0.4) is 0 Å². The normalized spacial score (nSPS) is 22.4. The second-order valence-corrected chi connectivity index (χ2v) is 8.93. The van der Waals surface area contributed by atoms with E-state index in [9.17, 15) is 13.2 Å². The Hall–Kier alpha value is -1.83. The number of allylic oxidation sites excluding steroid dienone is 2. The van der Waals surface area contributed by atoms with Crippen molar-refractivity contribution in [2.45, 2.75) is 69.5 Å². The Morgan fingerprint density at radius 1 is 0.889 bits per heavy atom. The van der Waals surface area contributed by atoms with Crippen LogP contribution in [0.15, 0.2) is 29.7 Å². The Morgan fingerprint density at radius 2 is 1.56 bits per heavy atom. The Morgan fingerprint density at radius 3 is 2.30 bits per heavy atom. The Bertz CT molecular complexity index is 698. The molecule has 0 spiro atoms. The molecule has 1 aliphatic heterocycles. The highest BCUT2D eigenvalue weighted by Gasteiger charge is 2.19. The fraction of sp³-hybridized carbons (Fsp3) is 0.684. The maximum Gasteiger partial charge on any atom is 0.314 e. The largest absolute Gasteiger partial charge is 0.338 e. The van der Waals surface area contributed by atoms with Crippen LogP contribution >= 0.6 is 0 Å². The predicted octanol–water partition coefficient (Wildman–Crippen LogP) is 3.04. The number of nitrogens with one attached hydrogen (secondary N) is 2. The lowest BCUT2D eigenvalue weighted by atomic mass is 10.1. The molecule has 1 aliphatic rings. The highest BCUT2D eigenvalue weighted by molar-refractivity contribution is 7.91. The van der Waals surface area contributed by atoms with Crippen LogP contribution in [0.2, 0.25) is 0 Å². The monoisotopic (exact) mass is 396 g/mol. The van der Waals surface area contributed by atoms with Crippen molar-refractivity contribution in [1.29, 1.82) is 0 Å². The molecule has 2 rings (SSSR count). The van der Waals surface area contributed by atoms with Gasteiger partial charge in [-0.2, -0.15) is 0 Å². The molecule has 2 heterocycles. The van der Waals surface area contributed by atoms with Gasteiger partial charge in [-0.05, 0) is 51.4 Å². The molecule has 0 aromatic carbocycles. The van der Waals surface area contributed by atoms with Gasteiger partial charge in [0.1, 0.15) is 0 Å². The molecule has 0 radical (unpaired) electrons. The molecule has 0 fully saturated rings. The second-order valence-electron chi connectivity index (χ2n) is 6.93. The summed E-state index contributed by atoms with van der Waals surface area (Å²) in [5.74, 6) is 0.148. The minimum Gasteiger partial charge on any atom is -0.338 e. The van der Waals surface area contributed by atoms with Crippen molar-refractivity contribution in [3.63, 3.8) is 0 Å². The second kappa shape index (κ2) is 11.8. The number of hydrogen-bond donors (Lipinski definition) is 2. The maximum atomic E-state index is 12.5. The third-order valence-corrected chi connectivity index (χ3v) is 6.32. The molecule has 1 aromatic rings. The molecule has 8 heteroatoms. The van der Waals surface area contributed by atoms with Gasteiger partial charge in [-0.25, -0.2) is 18.2 Å². The fourth-order valence-electron chi connectivity index (χ4n) is 3.06. The first-order chi connectivity index (χ1) is 13.1. The first-order valence-corrected chi connectivity index (χ1v) is 11.7. The van der Waals surface area contributed by atoms with Gasteiger partial charge in [0, 0.05) is 32.0 Å². The van der Waals surface area contributed by atoms with Crippen LogP contribution in [0.1, 0.15) is 57.8 Å². The summed E-state index contributed by atoms with van der Waals surface area (Å²) in [6.45, 7) is 1.85. The van der Waals surface area contributed by atoms with Gasteiger partial charge in [0.05, 0.1) is 5.75 Å². The van der Waals surface area contributed by atoms with E-state index in [1.54, 1.807) is 17.0 Å². The average Bonchev–Trinajstić information content (AvgIpc) is 3.11. The van der Waals surface area contributed by atoms with E-state index in [0.717, 1.165) is 51.4 Å². The van der Waals surface area contributed by atoms with E-state index >= 15 is 0 Å². The molecule has 1 aromatic heterocycles. The molecule has 7 nitrogen and oxygen atoms in total. The summed E-state index contributed by atoms with van der Waals surface area (Å²) in [7, 11) is -3.35. The van der Waals surface area contributed by atoms with Crippen molar-refractivity contribution in [2.75, 3.05) is 18.8 Å². The number of hydrogen-bond acceptors (Lipinski definition) is 4. The number of carbonyl (C=O) groups is 1. The number of amides is 2. The van der Waals surface area contributed by atoms with Crippen molar-refractivity contribution in [1.82, 2.24) is 20.2 Å². The number of aryl methyl sites for hydroxylation is 1. The predicted molar refractivity (Wildman–Crippen MR) is 106 cm³/mol. The lowest BCUT2D eigenvalue weighted by molar-refractivity contribution is 0.240. The molecule has 27 heavy (non-hydrogen) atoms. The lowest BCUT2D eigenvalue weighted by Crippen LogP contribution is -2.36. The number of imidazole rings is 1. The first kappa shape index (κ1) is 21.5. The number of nitrogens with zero attached hydrogens (tertiary/aromatic N) is 2. The number of rotatable bonds is 0. The smallest absolute Gasteiger partial charge is 0.314 e. The number of urea groups is 1. The third kappa shape index (κ3) is 8.15. The van der Waals surface area contributed by atoms with Crippen molar-refractivity contribution in [2.24, 2.45) is 0 Å². The van der Waals surface area contributed by atoms with Crippen molar-refractivity contribution >= 4 is 15.9 Å². The summed E-state index contributed by atoms with van der Waals surface area (Å²) in [4.78, 5) is 15.8. The average molecular weight is 397 g/mol. The first-order valence-electron chi connectivity index (χ1n) is 10.0. The van der Waals surface area contributed by atoms with Crippen LogP contribution in [0.5, 0.6) is 0 Å².